The van der Waals surface area contributed by atoms with Crippen molar-refractivity contribution in [3.8, 4) is 0 Å². The van der Waals surface area contributed by atoms with Crippen LogP contribution in [0.1, 0.15) is 37.8 Å². The van der Waals surface area contributed by atoms with Crippen molar-refractivity contribution >= 4 is 35.3 Å². The molecule has 3 atom stereocenters. The summed E-state index contributed by atoms with van der Waals surface area (Å²) in [4.78, 5) is 12.8. The van der Waals surface area contributed by atoms with Crippen molar-refractivity contribution in [3.63, 3.8) is 0 Å². The molecule has 0 aromatic heterocycles. The lowest BCUT2D eigenvalue weighted by atomic mass is 9.86. The minimum Gasteiger partial charge on any atom is -0.349 e. The molecule has 0 spiro atoms. The molecule has 2 aromatic carbocycles. The van der Waals surface area contributed by atoms with E-state index in [-0.39, 0.29) is 17.9 Å². The second-order valence-electron chi connectivity index (χ2n) is 7.69. The van der Waals surface area contributed by atoms with Crippen LogP contribution in [0.3, 0.4) is 0 Å². The first kappa shape index (κ1) is 21.6. The Kier molecular flexibility index (Phi) is 7.12. The Morgan fingerprint density at radius 1 is 1.00 bits per heavy atom. The summed E-state index contributed by atoms with van der Waals surface area (Å²) in [5.41, 5.74) is 2.88. The van der Waals surface area contributed by atoms with Gasteiger partial charge < -0.3 is 5.32 Å². The number of hydrogen-bond donors (Lipinski definition) is 2. The van der Waals surface area contributed by atoms with Crippen molar-refractivity contribution in [1.82, 2.24) is 5.32 Å². The third-order valence-corrected chi connectivity index (χ3v) is 5.64. The fraction of sp³-hybridized carbons (Fsp3) is 0.304. The van der Waals surface area contributed by atoms with Crippen LogP contribution in [0.5, 0.6) is 0 Å². The van der Waals surface area contributed by atoms with Crippen molar-refractivity contribution in [3.05, 3.63) is 81.5 Å². The number of nitrogens with zero attached hydrogens (tertiary/aromatic N) is 1. The Morgan fingerprint density at radius 3 is 2.14 bits per heavy atom. The van der Waals surface area contributed by atoms with Crippen molar-refractivity contribution in [2.75, 3.05) is 0 Å². The average molecular weight is 431 g/mol. The van der Waals surface area contributed by atoms with Gasteiger partial charge >= 0.3 is 0 Å². The molecule has 4 nitrogen and oxygen atoms in total. The summed E-state index contributed by atoms with van der Waals surface area (Å²) in [6, 6.07) is 15.8. The maximum absolute atomic E-state index is 12.8. The molecule has 1 amide bonds. The number of carbonyl (C=O) groups excluding carboxylic acids is 1. The Hall–Kier alpha value is -2.14. The summed E-state index contributed by atoms with van der Waals surface area (Å²) in [5, 5.41) is 9.83. The summed E-state index contributed by atoms with van der Waals surface area (Å²) in [7, 11) is 0. The molecule has 2 aromatic rings. The van der Waals surface area contributed by atoms with Gasteiger partial charge in [0.25, 0.3) is 5.91 Å². The van der Waals surface area contributed by atoms with E-state index in [1.165, 1.54) is 0 Å². The van der Waals surface area contributed by atoms with Crippen LogP contribution < -0.4 is 10.3 Å². The molecular weight excluding hydrogens is 405 g/mol. The van der Waals surface area contributed by atoms with Crippen molar-refractivity contribution in [2.45, 2.75) is 45.2 Å². The predicted octanol–water partition coefficient (Wildman–Crippen LogP) is 4.00. The zero-order valence-corrected chi connectivity index (χ0v) is 18.3. The minimum atomic E-state index is -0.105. The van der Waals surface area contributed by atoms with Crippen molar-refractivity contribution in [1.29, 1.82) is 0 Å². The monoisotopic (exact) mass is 430 g/mol. The van der Waals surface area contributed by atoms with E-state index in [1.807, 2.05) is 61.7 Å². The molecule has 0 saturated carbocycles. The quantitative estimate of drug-likeness (QED) is 0.684. The molecule has 6 heteroatoms. The predicted molar refractivity (Wildman–Crippen MR) is 120 cm³/mol. The topological polar surface area (TPSA) is 45.9 Å². The summed E-state index contributed by atoms with van der Waals surface area (Å²) < 4.78 is 0. The smallest absolute Gasteiger partial charge is 0.258 e. The van der Waals surface area contributed by atoms with Gasteiger partial charge in [0.15, 0.2) is 0 Å². The molecular formula is C23H26Cl2N3O+. The van der Waals surface area contributed by atoms with E-state index < -0.39 is 0 Å². The highest BCUT2D eigenvalue weighted by Crippen LogP contribution is 2.27. The van der Waals surface area contributed by atoms with Gasteiger partial charge in [-0.3, -0.25) is 4.79 Å². The zero-order valence-electron chi connectivity index (χ0n) is 16.8. The van der Waals surface area contributed by atoms with Crippen LogP contribution in [0.2, 0.25) is 10.0 Å². The van der Waals surface area contributed by atoms with Gasteiger partial charge in [-0.2, -0.15) is 5.01 Å². The average Bonchev–Trinajstić information content (AvgIpc) is 3.19. The molecule has 1 aliphatic rings. The maximum Gasteiger partial charge on any atom is 0.258 e. The molecule has 0 aliphatic carbocycles. The standard InChI is InChI=1S/C23H25Cl2N3O/c1-15(2)28-14-19(13-26-28)23(29)27-16(3)22(18-6-10-21(25)11-7-18)12-17-4-8-20(24)9-5-17/h4-11,13-16,22H,12H2,1-3H3,(H,27,29)/p+1/t16-,22+/m1/s1. The van der Waals surface area contributed by atoms with Crippen LogP contribution >= 0.6 is 23.2 Å². The molecule has 0 saturated heterocycles. The lowest BCUT2D eigenvalue weighted by molar-refractivity contribution is -0.874. The van der Waals surface area contributed by atoms with Crippen LogP contribution in [0.25, 0.3) is 0 Å². The fourth-order valence-corrected chi connectivity index (χ4v) is 3.63. The van der Waals surface area contributed by atoms with Gasteiger partial charge in [-0.25, -0.2) is 0 Å². The number of amides is 1. The highest BCUT2D eigenvalue weighted by Gasteiger charge is 2.26. The molecule has 2 N–H and O–H groups in total. The number of halogens is 2. The number of rotatable bonds is 7. The minimum absolute atomic E-state index is 0.0863. The Balaban J connectivity index is 1.78. The number of quaternary nitrogens is 1. The van der Waals surface area contributed by atoms with E-state index >= 15 is 0 Å². The van der Waals surface area contributed by atoms with Crippen molar-refractivity contribution < 1.29 is 9.80 Å². The highest BCUT2D eigenvalue weighted by atomic mass is 35.5. The van der Waals surface area contributed by atoms with Gasteiger partial charge in [0.05, 0.1) is 0 Å². The third-order valence-electron chi connectivity index (χ3n) is 5.14. The summed E-state index contributed by atoms with van der Waals surface area (Å²) in [6.07, 6.45) is 4.29. The lowest BCUT2D eigenvalue weighted by Crippen LogP contribution is -3.05. The van der Waals surface area contributed by atoms with Gasteiger partial charge in [0, 0.05) is 22.0 Å². The van der Waals surface area contributed by atoms with E-state index in [0.717, 1.165) is 22.6 Å². The van der Waals surface area contributed by atoms with Crippen LogP contribution in [-0.2, 0) is 11.2 Å². The SMILES string of the molecule is CC(C)[NH+]1C=C(C(=O)N[C@H](C)[C@H](Cc2ccc(Cl)cc2)c2ccc(Cl)cc2)C=N1. The van der Waals surface area contributed by atoms with Crippen molar-refractivity contribution in [2.24, 2.45) is 5.10 Å². The Bertz CT molecular complexity index is 905. The highest BCUT2D eigenvalue weighted by molar-refractivity contribution is 6.30. The molecule has 29 heavy (non-hydrogen) atoms. The second-order valence-corrected chi connectivity index (χ2v) is 8.56. The molecule has 1 unspecified atom stereocenters. The van der Waals surface area contributed by atoms with E-state index in [0.29, 0.717) is 21.7 Å². The summed E-state index contributed by atoms with van der Waals surface area (Å²) in [6.45, 7) is 6.16. The first-order chi connectivity index (χ1) is 13.8. The van der Waals surface area contributed by atoms with Crippen LogP contribution in [0.4, 0.5) is 0 Å². The maximum atomic E-state index is 12.8. The number of nitrogens with one attached hydrogen (secondary N) is 2. The van der Waals surface area contributed by atoms with E-state index in [1.54, 1.807) is 6.21 Å². The van der Waals surface area contributed by atoms with Gasteiger partial charge in [0.1, 0.15) is 24.0 Å². The number of hydrogen-bond acceptors (Lipinski definition) is 2. The normalized spacial score (nSPS) is 17.9. The van der Waals surface area contributed by atoms with Gasteiger partial charge in [-0.1, -0.05) is 52.6 Å². The summed E-state index contributed by atoms with van der Waals surface area (Å²) >= 11 is 12.1. The summed E-state index contributed by atoms with van der Waals surface area (Å²) in [5.74, 6) is -0.0168. The third kappa shape index (κ3) is 5.69. The van der Waals surface area contributed by atoms with E-state index in [9.17, 15) is 4.79 Å². The van der Waals surface area contributed by atoms with Gasteiger partial charge in [0.2, 0.25) is 0 Å². The first-order valence-corrected chi connectivity index (χ1v) is 10.5. The van der Waals surface area contributed by atoms with E-state index in [2.05, 4.69) is 24.3 Å². The number of carbonyl (C=O) groups is 1. The number of benzene rings is 2. The molecule has 0 fully saturated rings. The lowest BCUT2D eigenvalue weighted by Gasteiger charge is -2.26. The Labute approximate surface area is 182 Å². The first-order valence-electron chi connectivity index (χ1n) is 9.77. The molecule has 3 rings (SSSR count). The van der Waals surface area contributed by atoms with Crippen LogP contribution in [-0.4, -0.2) is 24.2 Å². The molecule has 0 radical (unpaired) electrons. The van der Waals surface area contributed by atoms with Gasteiger partial charge in [-0.15, -0.1) is 0 Å². The largest absolute Gasteiger partial charge is 0.349 e. The zero-order chi connectivity index (χ0) is 21.0. The molecule has 1 aliphatic heterocycles. The Morgan fingerprint density at radius 2 is 1.59 bits per heavy atom. The van der Waals surface area contributed by atoms with Crippen LogP contribution in [0.15, 0.2) is 65.4 Å². The van der Waals surface area contributed by atoms with Crippen LogP contribution in [0, 0.1) is 0 Å². The molecule has 1 heterocycles. The molecule has 0 bridgehead atoms. The second kappa shape index (κ2) is 9.57. The fourth-order valence-electron chi connectivity index (χ4n) is 3.38. The van der Waals surface area contributed by atoms with Gasteiger partial charge in [-0.05, 0) is 62.6 Å². The van der Waals surface area contributed by atoms with E-state index in [4.69, 9.17) is 23.2 Å². The molecule has 152 valence electrons.